The van der Waals surface area contributed by atoms with Gasteiger partial charge in [0.1, 0.15) is 54.3 Å². The summed E-state index contributed by atoms with van der Waals surface area (Å²) < 4.78 is 82.1. The summed E-state index contributed by atoms with van der Waals surface area (Å²) in [6.07, 6.45) is 0.971. The first-order chi connectivity index (χ1) is 41.2. The summed E-state index contributed by atoms with van der Waals surface area (Å²) in [7, 11) is 0. The number of ether oxygens (including phenoxy) is 5. The molecule has 10 rings (SSSR count). The Balaban J connectivity index is 0.000000170. The number of anilines is 6. The van der Waals surface area contributed by atoms with E-state index in [1.165, 1.54) is 51.1 Å². The van der Waals surface area contributed by atoms with Crippen LogP contribution in [0.2, 0.25) is 0 Å². The number of nitrogens with zero attached hydrogens (tertiary/aromatic N) is 7. The molecular weight excluding hydrogens is 1140 g/mol. The average Bonchev–Trinajstić information content (AvgIpc) is 2.68. The highest BCUT2D eigenvalue weighted by molar-refractivity contribution is 5.92. The van der Waals surface area contributed by atoms with Crippen molar-refractivity contribution in [2.24, 2.45) is 21.7 Å². The first-order valence-electron chi connectivity index (χ1n) is 30.2. The van der Waals surface area contributed by atoms with Gasteiger partial charge in [-0.1, -0.05) is 89.2 Å². The molecule has 6 fully saturated rings. The molecular formula is C66H89F4N7O11. The van der Waals surface area contributed by atoms with E-state index in [9.17, 15) is 41.5 Å². The highest BCUT2D eigenvalue weighted by Gasteiger charge is 2.39. The summed E-state index contributed by atoms with van der Waals surface area (Å²) in [4.78, 5) is 70.8. The van der Waals surface area contributed by atoms with Crippen molar-refractivity contribution in [3.63, 3.8) is 0 Å². The van der Waals surface area contributed by atoms with Gasteiger partial charge in [0.05, 0.1) is 67.8 Å². The predicted molar refractivity (Wildman–Crippen MR) is 331 cm³/mol. The maximum absolute atomic E-state index is 14.8. The monoisotopic (exact) mass is 1230 g/mol. The predicted octanol–water partition coefficient (Wildman–Crippen LogP) is 12.8. The zero-order valence-corrected chi connectivity index (χ0v) is 53.1. The molecule has 0 unspecified atom stereocenters. The van der Waals surface area contributed by atoms with E-state index in [-0.39, 0.29) is 75.5 Å². The van der Waals surface area contributed by atoms with Crippen LogP contribution in [-0.4, -0.2) is 150 Å². The van der Waals surface area contributed by atoms with E-state index >= 15 is 0 Å². The minimum absolute atomic E-state index is 0.0373. The minimum Gasteiger partial charge on any atom is -0.444 e. The largest absolute Gasteiger partial charge is 0.444 e. The van der Waals surface area contributed by atoms with Crippen LogP contribution in [0.4, 0.5) is 70.9 Å². The van der Waals surface area contributed by atoms with Crippen LogP contribution in [0.3, 0.4) is 0 Å². The molecule has 5 amide bonds. The van der Waals surface area contributed by atoms with E-state index in [0.29, 0.717) is 113 Å². The van der Waals surface area contributed by atoms with Crippen LogP contribution < -0.4 is 29.4 Å². The number of hydrogen-bond donors (Lipinski definition) is 1. The van der Waals surface area contributed by atoms with Gasteiger partial charge in [0, 0.05) is 45.0 Å². The molecule has 0 radical (unpaired) electrons. The van der Waals surface area contributed by atoms with Crippen molar-refractivity contribution in [3.8, 4) is 0 Å². The molecule has 0 aromatic heterocycles. The first-order valence-corrected chi connectivity index (χ1v) is 30.2. The fourth-order valence-corrected chi connectivity index (χ4v) is 11.3. The summed E-state index contributed by atoms with van der Waals surface area (Å²) in [5, 5.41) is 8.94. The maximum Gasteiger partial charge on any atom is 0.414 e. The van der Waals surface area contributed by atoms with Crippen molar-refractivity contribution in [3.05, 3.63) is 108 Å². The second-order valence-corrected chi connectivity index (χ2v) is 27.9. The van der Waals surface area contributed by atoms with Gasteiger partial charge in [0.25, 0.3) is 0 Å². The number of aliphatic hydroxyl groups is 1. The summed E-state index contributed by atoms with van der Waals surface area (Å²) in [6, 6.07) is 21.6. The Morgan fingerprint density at radius 2 is 0.784 bits per heavy atom. The van der Waals surface area contributed by atoms with Crippen LogP contribution in [0, 0.1) is 44.9 Å². The summed E-state index contributed by atoms with van der Waals surface area (Å²) in [5.74, 6) is -1.70. The molecule has 482 valence electrons. The molecule has 6 aliphatic rings. The lowest BCUT2D eigenvalue weighted by Crippen LogP contribution is -2.49. The number of rotatable bonds is 11. The molecule has 0 bridgehead atoms. The first kappa shape index (κ1) is 68.2. The van der Waals surface area contributed by atoms with E-state index in [1.54, 1.807) is 58.3 Å². The molecule has 6 heterocycles. The Bertz CT molecular complexity index is 3040. The average molecular weight is 1230 g/mol. The Labute approximate surface area is 515 Å². The molecule has 18 nitrogen and oxygen atoms in total. The highest BCUT2D eigenvalue weighted by atomic mass is 19.1. The van der Waals surface area contributed by atoms with Gasteiger partial charge in [0.2, 0.25) is 5.91 Å². The van der Waals surface area contributed by atoms with Gasteiger partial charge >= 0.3 is 24.4 Å². The highest BCUT2D eigenvalue weighted by Crippen LogP contribution is 2.36. The topological polar surface area (TPSA) is 174 Å². The standard InChI is InChI=1S/C20H28FN3O4.C18H25FN2O3.2C14H18FNO2/c1-20(2,3)11-15-12-24(19(27)28-15)14-4-5-17(16(21)10-14)22-6-8-23(9-7-22)18(26)13-25;1-18(2,3)11-14-12-21(17(22)24-14)13-4-5-16(15(19)10-13)20-6-8-23-9-7-20;1-14(2,3)8-12-9-16(13(17)18-12)11-6-4-10(15)5-7-11;1-14(2,3)8-12-9-16(13(17)18-12)11-6-4-5-10(15)7-11/h4-5,10,15,25H,6-9,11-13H2,1-3H3;4-5,10,14H,6-9,11-12H2,1-3H3;2*4-7,12H,8-9H2,1-3H3/t15-;14-;2*12-/m0000/s1. The Morgan fingerprint density at radius 1 is 0.443 bits per heavy atom. The van der Waals surface area contributed by atoms with Crippen molar-refractivity contribution >= 4 is 64.4 Å². The molecule has 0 spiro atoms. The smallest absolute Gasteiger partial charge is 0.414 e. The van der Waals surface area contributed by atoms with Gasteiger partial charge in [-0.2, -0.15) is 0 Å². The van der Waals surface area contributed by atoms with Crippen LogP contribution in [0.15, 0.2) is 84.9 Å². The van der Waals surface area contributed by atoms with Crippen LogP contribution in [-0.2, 0) is 28.5 Å². The number of amides is 5. The van der Waals surface area contributed by atoms with Gasteiger partial charge < -0.3 is 43.5 Å². The van der Waals surface area contributed by atoms with Gasteiger partial charge in [-0.05, 0) is 126 Å². The van der Waals surface area contributed by atoms with Gasteiger partial charge in [0.15, 0.2) is 0 Å². The molecule has 6 aliphatic heterocycles. The Kier molecular flexibility index (Phi) is 22.4. The van der Waals surface area contributed by atoms with E-state index < -0.39 is 30.7 Å². The van der Waals surface area contributed by atoms with Crippen molar-refractivity contribution in [1.29, 1.82) is 0 Å². The zero-order valence-electron chi connectivity index (χ0n) is 53.1. The molecule has 1 N–H and O–H groups in total. The third-order valence-electron chi connectivity index (χ3n) is 15.1. The van der Waals surface area contributed by atoms with E-state index in [1.807, 2.05) is 9.80 Å². The fourth-order valence-electron chi connectivity index (χ4n) is 11.3. The summed E-state index contributed by atoms with van der Waals surface area (Å²) in [6.45, 7) is 31.0. The minimum atomic E-state index is -0.509. The number of aliphatic hydroxyl groups excluding tert-OH is 1. The normalized spacial score (nSPS) is 20.8. The SMILES string of the molecule is CC(C)(C)C[C@H]1CN(c2ccc(F)cc2)C(=O)O1.CC(C)(C)C[C@H]1CN(c2ccc(N3CCN(C(=O)CO)CC3)c(F)c2)C(=O)O1.CC(C)(C)C[C@H]1CN(c2ccc(N3CCOCC3)c(F)c2)C(=O)O1.CC(C)(C)C[C@H]1CN(c2cccc(F)c2)C(=O)O1. The number of hydrogen-bond acceptors (Lipinski definition) is 13. The molecule has 6 saturated heterocycles. The van der Waals surface area contributed by atoms with Gasteiger partial charge in [-0.3, -0.25) is 24.4 Å². The number of piperazine rings is 1. The number of carbonyl (C=O) groups excluding carboxylic acids is 5. The van der Waals surface area contributed by atoms with Gasteiger partial charge in [-0.25, -0.2) is 36.7 Å². The molecule has 4 aromatic carbocycles. The second-order valence-electron chi connectivity index (χ2n) is 27.9. The molecule has 88 heavy (non-hydrogen) atoms. The van der Waals surface area contributed by atoms with Gasteiger partial charge in [-0.15, -0.1) is 0 Å². The number of benzene rings is 4. The lowest BCUT2D eigenvalue weighted by molar-refractivity contribution is -0.134. The molecule has 0 saturated carbocycles. The number of cyclic esters (lactones) is 4. The third kappa shape index (κ3) is 19.8. The molecule has 22 heteroatoms. The van der Waals surface area contributed by atoms with Crippen LogP contribution in [0.1, 0.15) is 109 Å². The van der Waals surface area contributed by atoms with Crippen molar-refractivity contribution in [2.45, 2.75) is 133 Å². The fraction of sp³-hybridized carbons (Fsp3) is 0.561. The summed E-state index contributed by atoms with van der Waals surface area (Å²) >= 11 is 0. The second kappa shape index (κ2) is 28.9. The van der Waals surface area contributed by atoms with Crippen molar-refractivity contribution < 1.29 is 70.3 Å². The van der Waals surface area contributed by atoms with E-state index in [2.05, 4.69) is 83.1 Å². The van der Waals surface area contributed by atoms with E-state index in [4.69, 9.17) is 28.8 Å². The molecule has 0 aliphatic carbocycles. The van der Waals surface area contributed by atoms with Crippen LogP contribution in [0.5, 0.6) is 0 Å². The zero-order chi connectivity index (χ0) is 64.5. The lowest BCUT2D eigenvalue weighted by atomic mass is 9.89. The van der Waals surface area contributed by atoms with Crippen LogP contribution >= 0.6 is 0 Å². The third-order valence-corrected chi connectivity index (χ3v) is 15.1. The molecule has 4 atom stereocenters. The maximum atomic E-state index is 14.8. The van der Waals surface area contributed by atoms with E-state index in [0.717, 1.165) is 25.7 Å². The van der Waals surface area contributed by atoms with Crippen molar-refractivity contribution in [2.75, 3.05) is 115 Å². The van der Waals surface area contributed by atoms with Crippen molar-refractivity contribution in [1.82, 2.24) is 4.90 Å². The van der Waals surface area contributed by atoms with Crippen LogP contribution in [0.25, 0.3) is 0 Å². The molecule has 4 aromatic rings. The number of halogens is 4. The Morgan fingerprint density at radius 3 is 1.12 bits per heavy atom. The lowest BCUT2D eigenvalue weighted by Gasteiger charge is -2.36. The number of carbonyl (C=O) groups is 5. The quantitative estimate of drug-likeness (QED) is 0.111. The Hall–Kier alpha value is -7.33. The number of morpholine rings is 1. The summed E-state index contributed by atoms with van der Waals surface area (Å²) in [5.41, 5.74) is 3.59.